The van der Waals surface area contributed by atoms with Gasteiger partial charge in [-0.05, 0) is 48.4 Å². The Balaban J connectivity index is 2.12. The molecule has 2 aromatic heterocycles. The lowest BCUT2D eigenvalue weighted by molar-refractivity contribution is -0.676. The normalized spacial score (nSPS) is 22.9. The summed E-state index contributed by atoms with van der Waals surface area (Å²) in [4.78, 5) is 0. The monoisotopic (exact) mass is 295 g/mol. The SMILES string of the molecule is CCC12CCc3c(C)n4ccc5cc(F)cc1c5c4[n+]3CC2. The summed E-state index contributed by atoms with van der Waals surface area (Å²) in [6.45, 7) is 5.54. The van der Waals surface area contributed by atoms with Crippen molar-refractivity contribution in [1.82, 2.24) is 4.40 Å². The first-order valence-electron chi connectivity index (χ1n) is 8.31. The van der Waals surface area contributed by atoms with E-state index in [0.717, 1.165) is 37.6 Å². The van der Waals surface area contributed by atoms with E-state index in [2.05, 4.69) is 35.1 Å². The van der Waals surface area contributed by atoms with Crippen molar-refractivity contribution in [1.29, 1.82) is 0 Å². The molecular weight excluding hydrogens is 275 g/mol. The molecule has 112 valence electrons. The van der Waals surface area contributed by atoms with Gasteiger partial charge in [-0.15, -0.1) is 0 Å². The van der Waals surface area contributed by atoms with Crippen LogP contribution >= 0.6 is 0 Å². The largest absolute Gasteiger partial charge is 0.294 e. The molecule has 0 amide bonds. The Kier molecular flexibility index (Phi) is 2.23. The molecule has 0 fully saturated rings. The highest BCUT2D eigenvalue weighted by molar-refractivity contribution is 5.96. The number of hydrogen-bond acceptors (Lipinski definition) is 0. The van der Waals surface area contributed by atoms with E-state index in [9.17, 15) is 4.39 Å². The van der Waals surface area contributed by atoms with E-state index in [1.165, 1.54) is 28.0 Å². The van der Waals surface area contributed by atoms with E-state index in [4.69, 9.17) is 0 Å². The Bertz CT molecular complexity index is 953. The number of benzene rings is 1. The van der Waals surface area contributed by atoms with Gasteiger partial charge in [-0.1, -0.05) is 6.92 Å². The second-order valence-electron chi connectivity index (χ2n) is 6.99. The van der Waals surface area contributed by atoms with Crippen molar-refractivity contribution in [3.63, 3.8) is 0 Å². The highest BCUT2D eigenvalue weighted by Gasteiger charge is 2.42. The first-order valence-corrected chi connectivity index (χ1v) is 8.31. The zero-order valence-electron chi connectivity index (χ0n) is 13.1. The van der Waals surface area contributed by atoms with Crippen LogP contribution in [0.2, 0.25) is 0 Å². The first kappa shape index (κ1) is 12.6. The number of aryl methyl sites for hydroxylation is 2. The molecule has 0 radical (unpaired) electrons. The zero-order chi connectivity index (χ0) is 15.1. The van der Waals surface area contributed by atoms with Gasteiger partial charge < -0.3 is 0 Å². The molecule has 2 nitrogen and oxygen atoms in total. The van der Waals surface area contributed by atoms with Crippen molar-refractivity contribution in [2.45, 2.75) is 51.5 Å². The predicted octanol–water partition coefficient (Wildman–Crippen LogP) is 3.83. The van der Waals surface area contributed by atoms with Gasteiger partial charge in [0.1, 0.15) is 17.2 Å². The van der Waals surface area contributed by atoms with Crippen LogP contribution < -0.4 is 4.57 Å². The lowest BCUT2D eigenvalue weighted by Gasteiger charge is -2.31. The van der Waals surface area contributed by atoms with Crippen LogP contribution in [-0.2, 0) is 18.4 Å². The van der Waals surface area contributed by atoms with Gasteiger partial charge in [0.25, 0.3) is 5.65 Å². The average molecular weight is 295 g/mol. The molecule has 2 bridgehead atoms. The summed E-state index contributed by atoms with van der Waals surface area (Å²) in [5.74, 6) is -0.0952. The van der Waals surface area contributed by atoms with Gasteiger partial charge >= 0.3 is 0 Å². The van der Waals surface area contributed by atoms with E-state index in [1.807, 2.05) is 6.07 Å². The average Bonchev–Trinajstić information content (AvgIpc) is 2.66. The van der Waals surface area contributed by atoms with E-state index in [-0.39, 0.29) is 11.2 Å². The Morgan fingerprint density at radius 2 is 2.18 bits per heavy atom. The number of halogens is 1. The highest BCUT2D eigenvalue weighted by Crippen LogP contribution is 2.45. The lowest BCUT2D eigenvalue weighted by Crippen LogP contribution is -2.36. The minimum atomic E-state index is -0.0952. The summed E-state index contributed by atoms with van der Waals surface area (Å²) >= 11 is 0. The Labute approximate surface area is 129 Å². The minimum Gasteiger partial charge on any atom is -0.226 e. The molecule has 1 unspecified atom stereocenters. The molecule has 0 saturated heterocycles. The molecule has 0 saturated carbocycles. The molecule has 2 aliphatic heterocycles. The summed E-state index contributed by atoms with van der Waals surface area (Å²) in [7, 11) is 0. The van der Waals surface area contributed by atoms with Crippen molar-refractivity contribution in [3.8, 4) is 0 Å². The fourth-order valence-electron chi connectivity index (χ4n) is 4.95. The van der Waals surface area contributed by atoms with Crippen LogP contribution in [0.4, 0.5) is 4.39 Å². The summed E-state index contributed by atoms with van der Waals surface area (Å²) in [5, 5.41) is 2.32. The number of hydrogen-bond donors (Lipinski definition) is 0. The number of rotatable bonds is 1. The number of aromatic nitrogens is 2. The number of nitrogens with zero attached hydrogens (tertiary/aromatic N) is 2. The van der Waals surface area contributed by atoms with Crippen molar-refractivity contribution in [2.75, 3.05) is 0 Å². The van der Waals surface area contributed by atoms with Gasteiger partial charge in [0.2, 0.25) is 0 Å². The van der Waals surface area contributed by atoms with Gasteiger partial charge in [0, 0.05) is 18.8 Å². The fourth-order valence-corrected chi connectivity index (χ4v) is 4.95. The van der Waals surface area contributed by atoms with Crippen LogP contribution in [0.15, 0.2) is 24.4 Å². The van der Waals surface area contributed by atoms with Gasteiger partial charge in [-0.2, -0.15) is 4.40 Å². The number of fused-ring (bicyclic) bond motifs is 3. The number of pyridine rings is 1. The molecular formula is C19H20FN2+. The first-order chi connectivity index (χ1) is 10.6. The molecule has 22 heavy (non-hydrogen) atoms. The summed E-state index contributed by atoms with van der Waals surface area (Å²) in [5.41, 5.74) is 5.45. The Morgan fingerprint density at radius 1 is 1.32 bits per heavy atom. The maximum absolute atomic E-state index is 14.3. The van der Waals surface area contributed by atoms with Gasteiger partial charge in [-0.3, -0.25) is 0 Å². The Morgan fingerprint density at radius 3 is 3.00 bits per heavy atom. The Hall–Kier alpha value is -1.90. The second-order valence-corrected chi connectivity index (χ2v) is 6.99. The highest BCUT2D eigenvalue weighted by atomic mass is 19.1. The summed E-state index contributed by atoms with van der Waals surface area (Å²) < 4.78 is 19.1. The molecule has 0 N–H and O–H groups in total. The van der Waals surface area contributed by atoms with Gasteiger partial charge in [-0.25, -0.2) is 8.96 Å². The summed E-state index contributed by atoms with van der Waals surface area (Å²) in [6, 6.07) is 5.58. The third-order valence-corrected chi connectivity index (χ3v) is 6.25. The van der Waals surface area contributed by atoms with Crippen LogP contribution in [0.5, 0.6) is 0 Å². The van der Waals surface area contributed by atoms with Crippen molar-refractivity contribution < 1.29 is 8.96 Å². The van der Waals surface area contributed by atoms with Gasteiger partial charge in [0.15, 0.2) is 0 Å². The van der Waals surface area contributed by atoms with E-state index in [1.54, 1.807) is 6.07 Å². The van der Waals surface area contributed by atoms with Crippen LogP contribution in [0.3, 0.4) is 0 Å². The van der Waals surface area contributed by atoms with E-state index in [0.29, 0.717) is 0 Å². The molecule has 5 rings (SSSR count). The maximum Gasteiger partial charge on any atom is 0.294 e. The molecule has 3 heteroatoms. The van der Waals surface area contributed by atoms with E-state index >= 15 is 0 Å². The molecule has 4 heterocycles. The van der Waals surface area contributed by atoms with Crippen molar-refractivity contribution in [2.24, 2.45) is 0 Å². The third-order valence-electron chi connectivity index (χ3n) is 6.25. The van der Waals surface area contributed by atoms with Crippen molar-refractivity contribution in [3.05, 3.63) is 47.2 Å². The van der Waals surface area contributed by atoms with Crippen molar-refractivity contribution >= 4 is 16.4 Å². The maximum atomic E-state index is 14.3. The molecule has 2 aliphatic rings. The predicted molar refractivity (Wildman–Crippen MR) is 84.7 cm³/mol. The molecule has 0 spiro atoms. The topological polar surface area (TPSA) is 8.29 Å². The standard InChI is InChI=1S/C19H20FN2/c1-3-19-6-4-16-12(2)21-8-5-13-10-14(20)11-15(19)17(13)18(21)22(16)9-7-19/h5,8,10-11H,3-4,6-7,9H2,1-2H3/q+1. The molecule has 1 atom stereocenters. The molecule has 3 aromatic rings. The lowest BCUT2D eigenvalue weighted by atomic mass is 9.71. The fraction of sp³-hybridized carbons (Fsp3) is 0.421. The number of imidazole rings is 1. The third kappa shape index (κ3) is 1.29. The van der Waals surface area contributed by atoms with Gasteiger partial charge in [0.05, 0.1) is 18.1 Å². The zero-order valence-corrected chi connectivity index (χ0v) is 13.1. The van der Waals surface area contributed by atoms with Crippen LogP contribution in [0.1, 0.15) is 43.1 Å². The smallest absolute Gasteiger partial charge is 0.226 e. The van der Waals surface area contributed by atoms with Crippen LogP contribution in [-0.4, -0.2) is 4.40 Å². The minimum absolute atomic E-state index is 0.0952. The quantitative estimate of drug-likeness (QED) is 0.603. The summed E-state index contributed by atoms with van der Waals surface area (Å²) in [6.07, 6.45) is 6.54. The van der Waals surface area contributed by atoms with Crippen LogP contribution in [0.25, 0.3) is 16.4 Å². The van der Waals surface area contributed by atoms with E-state index < -0.39 is 0 Å². The molecule has 1 aromatic carbocycles. The van der Waals surface area contributed by atoms with Crippen LogP contribution in [0, 0.1) is 12.7 Å². The molecule has 0 aliphatic carbocycles. The second kappa shape index (κ2) is 3.89.